The molecule has 3 rings (SSSR count). The summed E-state index contributed by atoms with van der Waals surface area (Å²) in [6.07, 6.45) is 1.00. The summed E-state index contributed by atoms with van der Waals surface area (Å²) in [5, 5.41) is 5.23. The fourth-order valence-corrected chi connectivity index (χ4v) is 3.78. The third kappa shape index (κ3) is 6.84. The van der Waals surface area contributed by atoms with Gasteiger partial charge >= 0.3 is 6.09 Å². The molecule has 2 N–H and O–H groups in total. The van der Waals surface area contributed by atoms with Crippen LogP contribution in [-0.4, -0.2) is 22.6 Å². The van der Waals surface area contributed by atoms with Crippen LogP contribution in [0.25, 0.3) is 0 Å². The number of anilines is 2. The lowest BCUT2D eigenvalue weighted by atomic mass is 9.98. The summed E-state index contributed by atoms with van der Waals surface area (Å²) >= 11 is 4.80. The van der Waals surface area contributed by atoms with Gasteiger partial charge in [-0.15, -0.1) is 0 Å². The number of hydrogen-bond acceptors (Lipinski definition) is 5. The molecule has 0 aliphatic carbocycles. The van der Waals surface area contributed by atoms with Gasteiger partial charge in [-0.3, -0.25) is 10.1 Å². The Morgan fingerprint density at radius 3 is 2.38 bits per heavy atom. The third-order valence-electron chi connectivity index (χ3n) is 5.04. The van der Waals surface area contributed by atoms with Crippen LogP contribution in [0.5, 0.6) is 0 Å². The molecule has 34 heavy (non-hydrogen) atoms. The first-order valence-corrected chi connectivity index (χ1v) is 11.7. The summed E-state index contributed by atoms with van der Waals surface area (Å²) in [4.78, 5) is 29.5. The number of carbonyl (C=O) groups is 2. The highest BCUT2D eigenvalue weighted by atomic mass is 32.1. The van der Waals surface area contributed by atoms with E-state index in [2.05, 4.69) is 29.5 Å². The average Bonchev–Trinajstić information content (AvgIpc) is 2.77. The van der Waals surface area contributed by atoms with Crippen molar-refractivity contribution in [1.29, 1.82) is 0 Å². The molecule has 1 atom stereocenters. The number of pyridine rings is 1. The first-order valence-electron chi connectivity index (χ1n) is 11.2. The van der Waals surface area contributed by atoms with Gasteiger partial charge in [-0.2, -0.15) is 12.6 Å². The Morgan fingerprint density at radius 1 is 0.941 bits per heavy atom. The van der Waals surface area contributed by atoms with Gasteiger partial charge in [0.05, 0.1) is 5.25 Å². The van der Waals surface area contributed by atoms with Crippen molar-refractivity contribution in [1.82, 2.24) is 4.98 Å². The van der Waals surface area contributed by atoms with Crippen LogP contribution in [0.2, 0.25) is 0 Å². The van der Waals surface area contributed by atoms with E-state index in [0.717, 1.165) is 22.4 Å². The summed E-state index contributed by atoms with van der Waals surface area (Å²) in [5.41, 5.74) is 3.34. The van der Waals surface area contributed by atoms with Crippen molar-refractivity contribution in [2.75, 3.05) is 10.6 Å². The maximum absolute atomic E-state index is 13.2. The van der Waals surface area contributed by atoms with Crippen molar-refractivity contribution < 1.29 is 14.3 Å². The lowest BCUT2D eigenvalue weighted by Crippen LogP contribution is -2.27. The molecular weight excluding hydrogens is 446 g/mol. The van der Waals surface area contributed by atoms with E-state index in [1.54, 1.807) is 45.2 Å². The van der Waals surface area contributed by atoms with Gasteiger partial charge in [0.2, 0.25) is 0 Å². The number of aromatic nitrogens is 1. The zero-order chi connectivity index (χ0) is 24.9. The quantitative estimate of drug-likeness (QED) is 0.340. The number of hydrogen-bond donors (Lipinski definition) is 3. The van der Waals surface area contributed by atoms with Gasteiger partial charge in [0, 0.05) is 17.4 Å². The van der Waals surface area contributed by atoms with Gasteiger partial charge in [-0.1, -0.05) is 44.2 Å². The Kier molecular flexibility index (Phi) is 7.99. The van der Waals surface area contributed by atoms with E-state index in [9.17, 15) is 9.59 Å². The molecule has 3 aromatic rings. The van der Waals surface area contributed by atoms with Gasteiger partial charge < -0.3 is 10.1 Å². The summed E-state index contributed by atoms with van der Waals surface area (Å²) in [6, 6.07) is 18.7. The van der Waals surface area contributed by atoms with Crippen molar-refractivity contribution in [2.45, 2.75) is 51.4 Å². The van der Waals surface area contributed by atoms with Gasteiger partial charge in [0.15, 0.2) is 0 Å². The number of nitrogens with one attached hydrogen (secondary N) is 2. The number of ether oxygens (including phenoxy) is 1. The van der Waals surface area contributed by atoms with E-state index in [1.807, 2.05) is 42.5 Å². The molecule has 178 valence electrons. The predicted molar refractivity (Wildman–Crippen MR) is 140 cm³/mol. The predicted octanol–water partition coefficient (Wildman–Crippen LogP) is 6.82. The van der Waals surface area contributed by atoms with Crippen molar-refractivity contribution in [3.63, 3.8) is 0 Å². The van der Waals surface area contributed by atoms with Crippen molar-refractivity contribution in [2.24, 2.45) is 0 Å². The first-order chi connectivity index (χ1) is 16.0. The van der Waals surface area contributed by atoms with E-state index in [0.29, 0.717) is 17.3 Å². The van der Waals surface area contributed by atoms with Crippen LogP contribution in [-0.2, 0) is 4.74 Å². The Labute approximate surface area is 206 Å². The highest BCUT2D eigenvalue weighted by Gasteiger charge is 2.20. The van der Waals surface area contributed by atoms with E-state index in [-0.39, 0.29) is 5.91 Å². The molecule has 2 aromatic carbocycles. The Bertz CT molecular complexity index is 1170. The molecule has 0 spiro atoms. The number of thiol groups is 1. The van der Waals surface area contributed by atoms with Crippen LogP contribution in [0.1, 0.15) is 72.8 Å². The van der Waals surface area contributed by atoms with Crippen molar-refractivity contribution in [3.05, 3.63) is 89.1 Å². The zero-order valence-electron chi connectivity index (χ0n) is 20.1. The Hall–Kier alpha value is -3.32. The Balaban J connectivity index is 1.82. The zero-order valence-corrected chi connectivity index (χ0v) is 21.0. The molecule has 6 nitrogen and oxygen atoms in total. The van der Waals surface area contributed by atoms with Crippen LogP contribution in [0.15, 0.2) is 66.9 Å². The summed E-state index contributed by atoms with van der Waals surface area (Å²) in [6.45, 7) is 9.61. The lowest BCUT2D eigenvalue weighted by molar-refractivity contribution is 0.0635. The van der Waals surface area contributed by atoms with Crippen LogP contribution in [0, 0.1) is 0 Å². The van der Waals surface area contributed by atoms with Crippen molar-refractivity contribution >= 4 is 36.1 Å². The molecule has 0 bridgehead atoms. The average molecular weight is 478 g/mol. The number of rotatable bonds is 6. The number of nitrogens with zero attached hydrogens (tertiary/aromatic N) is 1. The molecule has 0 saturated heterocycles. The fourth-order valence-electron chi connectivity index (χ4n) is 3.39. The minimum Gasteiger partial charge on any atom is -0.444 e. The van der Waals surface area contributed by atoms with Gasteiger partial charge in [0.25, 0.3) is 5.91 Å². The second kappa shape index (κ2) is 10.7. The molecule has 1 heterocycles. The normalized spacial score (nSPS) is 12.2. The molecule has 0 fully saturated rings. The van der Waals surface area contributed by atoms with Crippen LogP contribution in [0.3, 0.4) is 0 Å². The Morgan fingerprint density at radius 2 is 1.68 bits per heavy atom. The van der Waals surface area contributed by atoms with Crippen LogP contribution < -0.4 is 10.6 Å². The SMILES string of the molecule is CC(C)c1cccc(NC(=O)c2ccccc2C(S)c2ccnc(NC(=O)OC(C)(C)C)c2)c1. The highest BCUT2D eigenvalue weighted by molar-refractivity contribution is 7.80. The second-order valence-electron chi connectivity index (χ2n) is 9.33. The van der Waals surface area contributed by atoms with Crippen molar-refractivity contribution in [3.8, 4) is 0 Å². The fraction of sp³-hybridized carbons (Fsp3) is 0.296. The molecule has 1 aromatic heterocycles. The molecule has 0 radical (unpaired) electrons. The number of benzene rings is 2. The minimum atomic E-state index is -0.616. The first kappa shape index (κ1) is 25.3. The van der Waals surface area contributed by atoms with E-state index in [1.165, 1.54) is 0 Å². The minimum absolute atomic E-state index is 0.211. The largest absolute Gasteiger partial charge is 0.444 e. The van der Waals surface area contributed by atoms with Crippen LogP contribution >= 0.6 is 12.6 Å². The maximum atomic E-state index is 13.2. The third-order valence-corrected chi connectivity index (χ3v) is 5.62. The number of carbonyl (C=O) groups excluding carboxylic acids is 2. The highest BCUT2D eigenvalue weighted by Crippen LogP contribution is 2.32. The van der Waals surface area contributed by atoms with E-state index >= 15 is 0 Å². The second-order valence-corrected chi connectivity index (χ2v) is 9.84. The molecule has 7 heteroatoms. The topological polar surface area (TPSA) is 80.3 Å². The standard InChI is InChI=1S/C27H31N3O3S/c1-17(2)18-9-8-10-20(15-18)29-25(31)22-12-7-6-11-21(22)24(34)19-13-14-28-23(16-19)30-26(32)33-27(3,4)5/h6-17,24,34H,1-5H3,(H,29,31)(H,28,30,32). The molecule has 1 unspecified atom stereocenters. The molecular formula is C27H31N3O3S. The summed E-state index contributed by atoms with van der Waals surface area (Å²) in [5.74, 6) is 0.496. The van der Waals surface area contributed by atoms with Gasteiger partial charge in [-0.25, -0.2) is 9.78 Å². The number of amides is 2. The molecule has 2 amide bonds. The summed E-state index contributed by atoms with van der Waals surface area (Å²) < 4.78 is 5.29. The van der Waals surface area contributed by atoms with Gasteiger partial charge in [0.1, 0.15) is 11.4 Å². The maximum Gasteiger partial charge on any atom is 0.413 e. The lowest BCUT2D eigenvalue weighted by Gasteiger charge is -2.20. The molecule has 0 aliphatic rings. The smallest absolute Gasteiger partial charge is 0.413 e. The van der Waals surface area contributed by atoms with Crippen LogP contribution in [0.4, 0.5) is 16.3 Å². The summed E-state index contributed by atoms with van der Waals surface area (Å²) in [7, 11) is 0. The monoisotopic (exact) mass is 477 g/mol. The van der Waals surface area contributed by atoms with E-state index in [4.69, 9.17) is 17.4 Å². The van der Waals surface area contributed by atoms with E-state index < -0.39 is 16.9 Å². The molecule has 0 aliphatic heterocycles. The molecule has 0 saturated carbocycles. The van der Waals surface area contributed by atoms with Gasteiger partial charge in [-0.05, 0) is 73.7 Å².